The van der Waals surface area contributed by atoms with Gasteiger partial charge in [0.05, 0.1) is 19.2 Å². The predicted molar refractivity (Wildman–Crippen MR) is 130 cm³/mol. The zero-order valence-electron chi connectivity index (χ0n) is 19.8. The minimum Gasteiger partial charge on any atom is -0.377 e. The highest BCUT2D eigenvalue weighted by molar-refractivity contribution is 5.79. The predicted octanol–water partition coefficient (Wildman–Crippen LogP) is 3.45. The van der Waals surface area contributed by atoms with E-state index in [0.717, 1.165) is 42.3 Å². The van der Waals surface area contributed by atoms with E-state index >= 15 is 0 Å². The van der Waals surface area contributed by atoms with Crippen molar-refractivity contribution in [2.24, 2.45) is 0 Å². The SMILES string of the molecule is CCc1ccc2[nH]c(=O)c(CN(Cc3nnnn3Cc3ccc(F)cc3)CC3CCCO3)cc2c1. The highest BCUT2D eigenvalue weighted by Crippen LogP contribution is 2.19. The Balaban J connectivity index is 1.40. The van der Waals surface area contributed by atoms with Crippen molar-refractivity contribution in [2.45, 2.75) is 51.9 Å². The second-order valence-electron chi connectivity index (χ2n) is 9.08. The third kappa shape index (κ3) is 5.63. The minimum absolute atomic E-state index is 0.0926. The van der Waals surface area contributed by atoms with Crippen molar-refractivity contribution in [1.29, 1.82) is 0 Å². The maximum atomic E-state index is 13.3. The standard InChI is InChI=1S/C26H29FN6O2/c1-2-18-7-10-24-20(12-18)13-21(26(34)28-24)15-32(16-23-4-3-11-35-23)17-25-29-30-31-33(25)14-19-5-8-22(27)9-6-19/h5-10,12-13,23H,2-4,11,14-17H2,1H3,(H,28,34). The molecule has 2 aromatic carbocycles. The summed E-state index contributed by atoms with van der Waals surface area (Å²) >= 11 is 0. The first kappa shape index (κ1) is 23.3. The van der Waals surface area contributed by atoms with Gasteiger partial charge in [0, 0.05) is 30.8 Å². The number of aromatic nitrogens is 5. The Morgan fingerprint density at radius 2 is 1.97 bits per heavy atom. The van der Waals surface area contributed by atoms with Crippen LogP contribution in [0.4, 0.5) is 4.39 Å². The number of benzene rings is 2. The molecule has 0 saturated carbocycles. The molecule has 3 heterocycles. The van der Waals surface area contributed by atoms with Crippen LogP contribution in [0.15, 0.2) is 53.3 Å². The fourth-order valence-electron chi connectivity index (χ4n) is 4.56. The fourth-order valence-corrected chi connectivity index (χ4v) is 4.56. The summed E-state index contributed by atoms with van der Waals surface area (Å²) in [7, 11) is 0. The van der Waals surface area contributed by atoms with Gasteiger partial charge >= 0.3 is 0 Å². The number of nitrogens with one attached hydrogen (secondary N) is 1. The zero-order valence-corrected chi connectivity index (χ0v) is 19.8. The molecular formula is C26H29FN6O2. The van der Waals surface area contributed by atoms with Crippen LogP contribution in [0.1, 0.15) is 42.3 Å². The first-order valence-electron chi connectivity index (χ1n) is 12.1. The highest BCUT2D eigenvalue weighted by Gasteiger charge is 2.22. The van der Waals surface area contributed by atoms with Crippen molar-refractivity contribution in [1.82, 2.24) is 30.1 Å². The molecule has 1 N–H and O–H groups in total. The Bertz CT molecular complexity index is 1340. The molecule has 1 aliphatic rings. The number of aryl methyl sites for hydroxylation is 1. The van der Waals surface area contributed by atoms with Crippen LogP contribution in [0, 0.1) is 5.82 Å². The molecule has 1 atom stereocenters. The molecule has 0 bridgehead atoms. The van der Waals surface area contributed by atoms with E-state index < -0.39 is 0 Å². The smallest absolute Gasteiger partial charge is 0.252 e. The Hall–Kier alpha value is -3.43. The van der Waals surface area contributed by atoms with Crippen LogP contribution >= 0.6 is 0 Å². The topological polar surface area (TPSA) is 88.9 Å². The van der Waals surface area contributed by atoms with Gasteiger partial charge in [-0.2, -0.15) is 0 Å². The monoisotopic (exact) mass is 476 g/mol. The Morgan fingerprint density at radius 3 is 2.74 bits per heavy atom. The van der Waals surface area contributed by atoms with Crippen molar-refractivity contribution in [2.75, 3.05) is 13.2 Å². The lowest BCUT2D eigenvalue weighted by Gasteiger charge is -2.24. The lowest BCUT2D eigenvalue weighted by Crippen LogP contribution is -2.34. The van der Waals surface area contributed by atoms with Crippen LogP contribution in [-0.2, 0) is 30.8 Å². The van der Waals surface area contributed by atoms with Crippen molar-refractivity contribution in [3.8, 4) is 0 Å². The number of H-pyrrole nitrogens is 1. The number of hydrogen-bond donors (Lipinski definition) is 1. The summed E-state index contributed by atoms with van der Waals surface area (Å²) in [6.45, 7) is 4.90. The molecule has 1 unspecified atom stereocenters. The van der Waals surface area contributed by atoms with Crippen molar-refractivity contribution >= 4 is 10.9 Å². The molecule has 0 amide bonds. The molecule has 0 spiro atoms. The molecule has 182 valence electrons. The molecule has 9 heteroatoms. The molecule has 2 aromatic heterocycles. The first-order chi connectivity index (χ1) is 17.1. The molecule has 35 heavy (non-hydrogen) atoms. The Kier molecular flexibility index (Phi) is 6.96. The van der Waals surface area contributed by atoms with E-state index in [-0.39, 0.29) is 17.5 Å². The maximum absolute atomic E-state index is 13.3. The van der Waals surface area contributed by atoms with E-state index in [9.17, 15) is 9.18 Å². The first-order valence-corrected chi connectivity index (χ1v) is 12.1. The summed E-state index contributed by atoms with van der Waals surface area (Å²) in [5.74, 6) is 0.401. The van der Waals surface area contributed by atoms with Crippen LogP contribution in [0.2, 0.25) is 0 Å². The molecule has 1 saturated heterocycles. The number of tetrazole rings is 1. The Labute approximate surface area is 202 Å². The van der Waals surface area contributed by atoms with Crippen LogP contribution in [0.25, 0.3) is 10.9 Å². The number of aromatic amines is 1. The van der Waals surface area contributed by atoms with E-state index in [2.05, 4.69) is 38.4 Å². The molecular weight excluding hydrogens is 447 g/mol. The normalized spacial score (nSPS) is 15.9. The number of pyridine rings is 1. The van der Waals surface area contributed by atoms with Gasteiger partial charge in [-0.15, -0.1) is 5.10 Å². The van der Waals surface area contributed by atoms with Gasteiger partial charge in [-0.3, -0.25) is 9.69 Å². The van der Waals surface area contributed by atoms with E-state index in [0.29, 0.717) is 37.6 Å². The summed E-state index contributed by atoms with van der Waals surface area (Å²) in [6.07, 6.45) is 3.08. The summed E-state index contributed by atoms with van der Waals surface area (Å²) in [4.78, 5) is 18.1. The van der Waals surface area contributed by atoms with Gasteiger partial charge in [-0.05, 0) is 76.5 Å². The van der Waals surface area contributed by atoms with E-state index in [4.69, 9.17) is 4.74 Å². The zero-order chi connectivity index (χ0) is 24.2. The van der Waals surface area contributed by atoms with Gasteiger partial charge in [-0.1, -0.05) is 25.1 Å². The summed E-state index contributed by atoms with van der Waals surface area (Å²) < 4.78 is 20.9. The molecule has 4 aromatic rings. The van der Waals surface area contributed by atoms with Crippen LogP contribution < -0.4 is 5.56 Å². The Morgan fingerprint density at radius 1 is 1.14 bits per heavy atom. The van der Waals surface area contributed by atoms with Gasteiger partial charge in [0.2, 0.25) is 0 Å². The van der Waals surface area contributed by atoms with E-state index in [1.807, 2.05) is 18.2 Å². The second-order valence-corrected chi connectivity index (χ2v) is 9.08. The average molecular weight is 477 g/mol. The number of halogens is 1. The number of rotatable bonds is 9. The average Bonchev–Trinajstić information content (AvgIpc) is 3.53. The van der Waals surface area contributed by atoms with Crippen LogP contribution in [0.5, 0.6) is 0 Å². The van der Waals surface area contributed by atoms with E-state index in [1.54, 1.807) is 16.8 Å². The lowest BCUT2D eigenvalue weighted by molar-refractivity contribution is 0.0663. The molecule has 0 radical (unpaired) electrons. The number of fused-ring (bicyclic) bond motifs is 1. The van der Waals surface area contributed by atoms with Gasteiger partial charge in [0.1, 0.15) is 5.82 Å². The molecule has 8 nitrogen and oxygen atoms in total. The van der Waals surface area contributed by atoms with Gasteiger partial charge in [0.15, 0.2) is 5.82 Å². The number of hydrogen-bond acceptors (Lipinski definition) is 6. The third-order valence-corrected chi connectivity index (χ3v) is 6.49. The molecule has 1 aliphatic heterocycles. The lowest BCUT2D eigenvalue weighted by atomic mass is 10.1. The number of ether oxygens (including phenoxy) is 1. The maximum Gasteiger partial charge on any atom is 0.252 e. The van der Waals surface area contributed by atoms with E-state index in [1.165, 1.54) is 17.7 Å². The minimum atomic E-state index is -0.278. The highest BCUT2D eigenvalue weighted by atomic mass is 19.1. The van der Waals surface area contributed by atoms with Crippen LogP contribution in [-0.4, -0.2) is 49.3 Å². The molecule has 5 rings (SSSR count). The summed E-state index contributed by atoms with van der Waals surface area (Å²) in [5.41, 5.74) is 3.58. The quantitative estimate of drug-likeness (QED) is 0.398. The summed E-state index contributed by atoms with van der Waals surface area (Å²) in [5, 5.41) is 13.3. The molecule has 1 fully saturated rings. The van der Waals surface area contributed by atoms with Crippen molar-refractivity contribution < 1.29 is 9.13 Å². The molecule has 0 aliphatic carbocycles. The summed E-state index contributed by atoms with van der Waals surface area (Å²) in [6, 6.07) is 14.4. The van der Waals surface area contributed by atoms with Gasteiger partial charge < -0.3 is 9.72 Å². The second kappa shape index (κ2) is 10.5. The largest absolute Gasteiger partial charge is 0.377 e. The van der Waals surface area contributed by atoms with Crippen molar-refractivity contribution in [3.05, 3.63) is 87.2 Å². The van der Waals surface area contributed by atoms with Crippen LogP contribution in [0.3, 0.4) is 0 Å². The number of nitrogens with zero attached hydrogens (tertiary/aromatic N) is 5. The third-order valence-electron chi connectivity index (χ3n) is 6.49. The van der Waals surface area contributed by atoms with Gasteiger partial charge in [-0.25, -0.2) is 9.07 Å². The van der Waals surface area contributed by atoms with Crippen molar-refractivity contribution in [3.63, 3.8) is 0 Å². The van der Waals surface area contributed by atoms with Gasteiger partial charge in [0.25, 0.3) is 5.56 Å². The fraction of sp³-hybridized carbons (Fsp3) is 0.385.